The van der Waals surface area contributed by atoms with Crippen LogP contribution in [0.4, 0.5) is 5.82 Å². The maximum atomic E-state index is 12.3. The Labute approximate surface area is 248 Å². The number of nitrogens with two attached hydrogens (primary N) is 1. The van der Waals surface area contributed by atoms with Gasteiger partial charge in [-0.15, -0.1) is 0 Å². The number of hydrogen-bond acceptors (Lipinski definition) is 8. The second-order valence-electron chi connectivity index (χ2n) is 12.0. The van der Waals surface area contributed by atoms with Gasteiger partial charge in [-0.3, -0.25) is 4.57 Å². The van der Waals surface area contributed by atoms with Crippen molar-refractivity contribution in [1.29, 1.82) is 0 Å². The lowest BCUT2D eigenvalue weighted by Gasteiger charge is -2.19. The first-order valence-electron chi connectivity index (χ1n) is 15.7. The van der Waals surface area contributed by atoms with Crippen LogP contribution in [0, 0.1) is 0 Å². The molecule has 236 valence electrons. The first-order chi connectivity index (χ1) is 19.6. The fourth-order valence-corrected chi connectivity index (χ4v) is 7.15. The topological polar surface area (TPSA) is 135 Å². The Hall–Kier alpha value is -1.36. The molecule has 0 fully saturated rings. The Morgan fingerprint density at radius 2 is 1.54 bits per heavy atom. The van der Waals surface area contributed by atoms with E-state index in [-0.39, 0.29) is 12.7 Å². The van der Waals surface area contributed by atoms with Crippen LogP contribution in [-0.2, 0) is 25.1 Å². The Balaban J connectivity index is 1.37. The zero-order valence-electron chi connectivity index (χ0n) is 26.1. The minimum absolute atomic E-state index is 0.0618. The summed E-state index contributed by atoms with van der Waals surface area (Å²) in [6.07, 6.45) is 18.1. The van der Waals surface area contributed by atoms with Crippen molar-refractivity contribution in [2.24, 2.45) is 0 Å². The van der Waals surface area contributed by atoms with Gasteiger partial charge in [0.25, 0.3) is 0 Å². The third-order valence-electron chi connectivity index (χ3n) is 7.78. The van der Waals surface area contributed by atoms with E-state index in [2.05, 4.69) is 35.0 Å². The van der Waals surface area contributed by atoms with Gasteiger partial charge < -0.3 is 29.2 Å². The van der Waals surface area contributed by atoms with E-state index >= 15 is 0 Å². The fourth-order valence-electron chi connectivity index (χ4n) is 4.71. The van der Waals surface area contributed by atoms with Crippen molar-refractivity contribution in [3.8, 4) is 0 Å². The van der Waals surface area contributed by atoms with Crippen LogP contribution in [0.2, 0.25) is 25.2 Å². The number of hydrogen-bond donors (Lipinski definition) is 2. The SMILES string of the molecule is CC[Si](C)(C)CCCCCCCCCCCCCCOCCOP(=O)(O)CO[C@H](C)Cn1cnc2c(N)ncnc21. The lowest BCUT2D eigenvalue weighted by Crippen LogP contribution is -2.22. The van der Waals surface area contributed by atoms with Gasteiger partial charge in [0.1, 0.15) is 18.2 Å². The number of nitrogen functional groups attached to an aromatic ring is 1. The molecule has 2 atom stereocenters. The molecule has 41 heavy (non-hydrogen) atoms. The highest BCUT2D eigenvalue weighted by Crippen LogP contribution is 2.41. The maximum absolute atomic E-state index is 12.3. The molecule has 2 aromatic rings. The second kappa shape index (κ2) is 19.8. The van der Waals surface area contributed by atoms with Crippen molar-refractivity contribution in [2.45, 2.75) is 129 Å². The van der Waals surface area contributed by atoms with Gasteiger partial charge in [-0.2, -0.15) is 0 Å². The molecule has 0 amide bonds. The predicted octanol–water partition coefficient (Wildman–Crippen LogP) is 7.40. The van der Waals surface area contributed by atoms with Gasteiger partial charge >= 0.3 is 7.60 Å². The molecule has 0 aromatic carbocycles. The van der Waals surface area contributed by atoms with E-state index < -0.39 is 22.0 Å². The number of nitrogens with zero attached hydrogens (tertiary/aromatic N) is 4. The molecule has 0 spiro atoms. The van der Waals surface area contributed by atoms with E-state index in [1.165, 1.54) is 82.6 Å². The maximum Gasteiger partial charge on any atom is 0.353 e. The standard InChI is InChI=1S/C29H56N5O5PSi/c1-5-41(3,4)21-17-15-13-11-9-7-6-8-10-12-14-16-18-37-19-20-39-40(35,36)25-38-26(2)22-34-24-33-27-28(30)31-23-32-29(27)34/h23-24,26H,5-22,25H2,1-4H3,(H,35,36)(H2,30,31,32)/t26-/m1/s1. The normalized spacial score (nSPS) is 14.5. The molecule has 2 aromatic heterocycles. The van der Waals surface area contributed by atoms with Crippen LogP contribution in [0.3, 0.4) is 0 Å². The largest absolute Gasteiger partial charge is 0.382 e. The third-order valence-corrected chi connectivity index (χ3v) is 12.5. The smallest absolute Gasteiger partial charge is 0.353 e. The molecule has 0 aliphatic carbocycles. The zero-order chi connectivity index (χ0) is 30.0. The zero-order valence-corrected chi connectivity index (χ0v) is 28.0. The van der Waals surface area contributed by atoms with Gasteiger partial charge in [-0.25, -0.2) is 15.0 Å². The van der Waals surface area contributed by atoms with Crippen LogP contribution in [0.1, 0.15) is 90.9 Å². The Kier molecular flexibility index (Phi) is 17.3. The van der Waals surface area contributed by atoms with Crippen LogP contribution in [-0.4, -0.2) is 64.8 Å². The van der Waals surface area contributed by atoms with E-state index in [9.17, 15) is 9.46 Å². The van der Waals surface area contributed by atoms with Crippen molar-refractivity contribution in [1.82, 2.24) is 19.5 Å². The van der Waals surface area contributed by atoms with Crippen LogP contribution < -0.4 is 5.73 Å². The average molecular weight is 614 g/mol. The number of anilines is 1. The summed E-state index contributed by atoms with van der Waals surface area (Å²) in [5, 5.41) is 0. The van der Waals surface area contributed by atoms with E-state index in [0.717, 1.165) is 12.8 Å². The van der Waals surface area contributed by atoms with Crippen molar-refractivity contribution in [3.05, 3.63) is 12.7 Å². The third kappa shape index (κ3) is 15.6. The quantitative estimate of drug-likeness (QED) is 0.0667. The molecular weight excluding hydrogens is 557 g/mol. The molecule has 10 nitrogen and oxygen atoms in total. The summed E-state index contributed by atoms with van der Waals surface area (Å²) in [5.74, 6) is 0.308. The molecule has 0 saturated carbocycles. The number of imidazole rings is 1. The summed E-state index contributed by atoms with van der Waals surface area (Å²) in [4.78, 5) is 22.4. The average Bonchev–Trinajstić information content (AvgIpc) is 3.35. The molecule has 0 aliphatic heterocycles. The lowest BCUT2D eigenvalue weighted by atomic mass is 10.1. The van der Waals surface area contributed by atoms with E-state index in [1.54, 1.807) is 17.8 Å². The lowest BCUT2D eigenvalue weighted by molar-refractivity contribution is 0.0610. The minimum atomic E-state index is -3.86. The molecular formula is C29H56N5O5PSi. The van der Waals surface area contributed by atoms with Crippen LogP contribution in [0.5, 0.6) is 0 Å². The van der Waals surface area contributed by atoms with E-state index in [4.69, 9.17) is 19.7 Å². The Morgan fingerprint density at radius 3 is 2.17 bits per heavy atom. The molecule has 2 heterocycles. The van der Waals surface area contributed by atoms with Crippen LogP contribution >= 0.6 is 7.60 Å². The molecule has 0 bridgehead atoms. The van der Waals surface area contributed by atoms with Crippen molar-refractivity contribution in [3.63, 3.8) is 0 Å². The molecule has 0 saturated heterocycles. The molecule has 1 unspecified atom stereocenters. The number of aromatic nitrogens is 4. The van der Waals surface area contributed by atoms with E-state index in [0.29, 0.717) is 36.7 Å². The molecule has 0 radical (unpaired) electrons. The van der Waals surface area contributed by atoms with Gasteiger partial charge in [-0.05, 0) is 13.3 Å². The summed E-state index contributed by atoms with van der Waals surface area (Å²) in [6, 6.07) is 2.92. The fraction of sp³-hybridized carbons (Fsp3) is 0.828. The molecule has 2 rings (SSSR count). The first kappa shape index (κ1) is 35.8. The van der Waals surface area contributed by atoms with Crippen molar-refractivity contribution >= 4 is 32.7 Å². The number of unbranched alkanes of at least 4 members (excludes halogenated alkanes) is 11. The molecule has 3 N–H and O–H groups in total. The van der Waals surface area contributed by atoms with Gasteiger partial charge in [0.05, 0.1) is 32.2 Å². The monoisotopic (exact) mass is 613 g/mol. The second-order valence-corrected chi connectivity index (χ2v) is 19.4. The molecule has 12 heteroatoms. The molecule has 0 aliphatic rings. The van der Waals surface area contributed by atoms with Crippen LogP contribution in [0.15, 0.2) is 12.7 Å². The number of ether oxygens (including phenoxy) is 2. The first-order valence-corrected chi connectivity index (χ1v) is 20.9. The summed E-state index contributed by atoms with van der Waals surface area (Å²) in [5.41, 5.74) is 6.92. The summed E-state index contributed by atoms with van der Waals surface area (Å²) in [6.45, 7) is 10.6. The Bertz CT molecular complexity index is 1020. The van der Waals surface area contributed by atoms with Crippen molar-refractivity contribution < 1.29 is 23.5 Å². The predicted molar refractivity (Wildman–Crippen MR) is 170 cm³/mol. The highest BCUT2D eigenvalue weighted by molar-refractivity contribution is 7.52. The highest BCUT2D eigenvalue weighted by Gasteiger charge is 2.22. The summed E-state index contributed by atoms with van der Waals surface area (Å²) >= 11 is 0. The highest BCUT2D eigenvalue weighted by atomic mass is 31.2. The number of rotatable bonds is 25. The van der Waals surface area contributed by atoms with Crippen molar-refractivity contribution in [2.75, 3.05) is 31.9 Å². The minimum Gasteiger partial charge on any atom is -0.382 e. The van der Waals surface area contributed by atoms with E-state index in [1.807, 2.05) is 0 Å². The van der Waals surface area contributed by atoms with Gasteiger partial charge in [0.15, 0.2) is 11.5 Å². The Morgan fingerprint density at radius 1 is 0.927 bits per heavy atom. The summed E-state index contributed by atoms with van der Waals surface area (Å²) in [7, 11) is -4.72. The number of fused-ring (bicyclic) bond motifs is 1. The van der Waals surface area contributed by atoms with Gasteiger partial charge in [-0.1, -0.05) is 103 Å². The van der Waals surface area contributed by atoms with Crippen LogP contribution in [0.25, 0.3) is 11.2 Å². The van der Waals surface area contributed by atoms with Gasteiger partial charge in [0, 0.05) is 14.7 Å². The summed E-state index contributed by atoms with van der Waals surface area (Å²) < 4.78 is 30.3. The van der Waals surface area contributed by atoms with Gasteiger partial charge in [0.2, 0.25) is 0 Å².